The SMILES string of the molecule is CN1C2CCC1CN(CC1CCCNC1)CC2.Cl. The molecule has 0 aromatic rings. The van der Waals surface area contributed by atoms with Gasteiger partial charge in [-0.1, -0.05) is 0 Å². The van der Waals surface area contributed by atoms with Gasteiger partial charge < -0.3 is 10.2 Å². The zero-order valence-corrected chi connectivity index (χ0v) is 12.4. The minimum atomic E-state index is 0. The Hall–Kier alpha value is 0.170. The van der Waals surface area contributed by atoms with Gasteiger partial charge in [-0.25, -0.2) is 0 Å². The molecule has 4 heteroatoms. The van der Waals surface area contributed by atoms with E-state index in [1.54, 1.807) is 0 Å². The monoisotopic (exact) mass is 273 g/mol. The van der Waals surface area contributed by atoms with E-state index in [0.29, 0.717) is 0 Å². The van der Waals surface area contributed by atoms with Crippen molar-refractivity contribution >= 4 is 12.4 Å². The normalized spacial score (nSPS) is 38.2. The summed E-state index contributed by atoms with van der Waals surface area (Å²) in [6.07, 6.45) is 7.09. The summed E-state index contributed by atoms with van der Waals surface area (Å²) < 4.78 is 0. The third-order valence-electron chi connectivity index (χ3n) is 5.15. The largest absolute Gasteiger partial charge is 0.316 e. The lowest BCUT2D eigenvalue weighted by molar-refractivity contribution is 0.184. The molecular formula is C14H28ClN3. The highest BCUT2D eigenvalue weighted by Crippen LogP contribution is 2.29. The average molecular weight is 274 g/mol. The van der Waals surface area contributed by atoms with Crippen molar-refractivity contribution in [1.29, 1.82) is 0 Å². The van der Waals surface area contributed by atoms with Gasteiger partial charge in [0.2, 0.25) is 0 Å². The Morgan fingerprint density at radius 2 is 1.94 bits per heavy atom. The van der Waals surface area contributed by atoms with Crippen molar-refractivity contribution < 1.29 is 0 Å². The van der Waals surface area contributed by atoms with Gasteiger partial charge >= 0.3 is 0 Å². The standard InChI is InChI=1S/C14H27N3.ClH/c1-16-13-4-5-14(16)11-17(8-6-13)10-12-3-2-7-15-9-12;/h12-15H,2-11H2,1H3;1H. The van der Waals surface area contributed by atoms with E-state index >= 15 is 0 Å². The van der Waals surface area contributed by atoms with Gasteiger partial charge in [-0.2, -0.15) is 0 Å². The molecule has 3 aliphatic heterocycles. The molecule has 0 amide bonds. The van der Waals surface area contributed by atoms with Gasteiger partial charge in [0.05, 0.1) is 0 Å². The second-order valence-corrected chi connectivity index (χ2v) is 6.31. The van der Waals surface area contributed by atoms with E-state index in [9.17, 15) is 0 Å². The minimum Gasteiger partial charge on any atom is -0.316 e. The highest BCUT2D eigenvalue weighted by atomic mass is 35.5. The van der Waals surface area contributed by atoms with Crippen molar-refractivity contribution in [1.82, 2.24) is 15.1 Å². The molecule has 3 rings (SSSR count). The highest BCUT2D eigenvalue weighted by molar-refractivity contribution is 5.85. The summed E-state index contributed by atoms with van der Waals surface area (Å²) in [5.41, 5.74) is 0. The van der Waals surface area contributed by atoms with E-state index in [4.69, 9.17) is 0 Å². The topological polar surface area (TPSA) is 18.5 Å². The Balaban J connectivity index is 0.00000120. The number of fused-ring (bicyclic) bond motifs is 2. The minimum absolute atomic E-state index is 0. The van der Waals surface area contributed by atoms with Crippen LogP contribution in [0.2, 0.25) is 0 Å². The molecule has 0 spiro atoms. The van der Waals surface area contributed by atoms with Crippen LogP contribution in [0.5, 0.6) is 0 Å². The predicted octanol–water partition coefficient (Wildman–Crippen LogP) is 1.58. The van der Waals surface area contributed by atoms with Crippen LogP contribution >= 0.6 is 12.4 Å². The third-order valence-corrected chi connectivity index (χ3v) is 5.15. The van der Waals surface area contributed by atoms with Crippen LogP contribution in [0.25, 0.3) is 0 Å². The maximum atomic E-state index is 3.55. The first-order valence-electron chi connectivity index (χ1n) is 7.48. The maximum absolute atomic E-state index is 3.55. The summed E-state index contributed by atoms with van der Waals surface area (Å²) in [6.45, 7) is 6.49. The first kappa shape index (κ1) is 14.6. The van der Waals surface area contributed by atoms with Crippen molar-refractivity contribution in [2.24, 2.45) is 5.92 Å². The second kappa shape index (κ2) is 6.56. The van der Waals surface area contributed by atoms with Gasteiger partial charge in [0.1, 0.15) is 0 Å². The van der Waals surface area contributed by atoms with Gasteiger partial charge in [-0.15, -0.1) is 12.4 Å². The summed E-state index contributed by atoms with van der Waals surface area (Å²) in [7, 11) is 2.34. The molecule has 1 N–H and O–H groups in total. The number of hydrogen-bond acceptors (Lipinski definition) is 3. The summed E-state index contributed by atoms with van der Waals surface area (Å²) in [5.74, 6) is 0.908. The lowest BCUT2D eigenvalue weighted by atomic mass is 9.98. The molecule has 0 radical (unpaired) electrons. The lowest BCUT2D eigenvalue weighted by Gasteiger charge is -2.31. The fraction of sp³-hybridized carbons (Fsp3) is 1.00. The summed E-state index contributed by atoms with van der Waals surface area (Å²) >= 11 is 0. The van der Waals surface area contributed by atoms with Gasteiger partial charge in [0.25, 0.3) is 0 Å². The van der Waals surface area contributed by atoms with Crippen molar-refractivity contribution in [3.05, 3.63) is 0 Å². The highest BCUT2D eigenvalue weighted by Gasteiger charge is 2.34. The number of nitrogens with zero attached hydrogens (tertiary/aromatic N) is 2. The quantitative estimate of drug-likeness (QED) is 0.824. The predicted molar refractivity (Wildman–Crippen MR) is 78.5 cm³/mol. The van der Waals surface area contributed by atoms with E-state index < -0.39 is 0 Å². The molecule has 3 atom stereocenters. The van der Waals surface area contributed by atoms with E-state index in [1.807, 2.05) is 0 Å². The third kappa shape index (κ3) is 3.19. The molecule has 0 aliphatic carbocycles. The zero-order chi connectivity index (χ0) is 11.7. The van der Waals surface area contributed by atoms with Crippen molar-refractivity contribution in [3.63, 3.8) is 0 Å². The van der Waals surface area contributed by atoms with E-state index in [1.165, 1.54) is 64.8 Å². The van der Waals surface area contributed by atoms with Crippen molar-refractivity contribution in [3.8, 4) is 0 Å². The molecule has 3 unspecified atom stereocenters. The van der Waals surface area contributed by atoms with Crippen molar-refractivity contribution in [2.45, 2.75) is 44.2 Å². The number of halogens is 1. The van der Waals surface area contributed by atoms with Crippen molar-refractivity contribution in [2.75, 3.05) is 39.8 Å². The second-order valence-electron chi connectivity index (χ2n) is 6.31. The molecule has 106 valence electrons. The number of hydrogen-bond donors (Lipinski definition) is 1. The summed E-state index contributed by atoms with van der Waals surface area (Å²) in [4.78, 5) is 5.40. The number of rotatable bonds is 2. The van der Waals surface area contributed by atoms with Crippen LogP contribution in [-0.4, -0.2) is 61.7 Å². The first-order chi connectivity index (χ1) is 8.33. The molecule has 0 saturated carbocycles. The number of nitrogens with one attached hydrogen (secondary N) is 1. The van der Waals surface area contributed by atoms with Crippen LogP contribution in [0.4, 0.5) is 0 Å². The van der Waals surface area contributed by atoms with E-state index in [-0.39, 0.29) is 12.4 Å². The fourth-order valence-corrected chi connectivity index (χ4v) is 3.99. The molecule has 0 aromatic heterocycles. The molecule has 3 nitrogen and oxygen atoms in total. The molecule has 2 bridgehead atoms. The molecule has 3 fully saturated rings. The smallest absolute Gasteiger partial charge is 0.0223 e. The van der Waals surface area contributed by atoms with Crippen LogP contribution < -0.4 is 5.32 Å². The number of likely N-dealkylation sites (N-methyl/N-ethyl adjacent to an activating group) is 1. The Morgan fingerprint density at radius 1 is 1.11 bits per heavy atom. The average Bonchev–Trinajstić information content (AvgIpc) is 2.59. The molecule has 0 aromatic carbocycles. The molecule has 18 heavy (non-hydrogen) atoms. The Morgan fingerprint density at radius 3 is 2.72 bits per heavy atom. The first-order valence-corrected chi connectivity index (χ1v) is 7.48. The molecular weight excluding hydrogens is 246 g/mol. The molecule has 3 saturated heterocycles. The molecule has 3 heterocycles. The van der Waals surface area contributed by atoms with Crippen LogP contribution in [0, 0.1) is 5.92 Å². The Labute approximate surface area is 118 Å². The van der Waals surface area contributed by atoms with E-state index in [2.05, 4.69) is 22.2 Å². The maximum Gasteiger partial charge on any atom is 0.0223 e. The van der Waals surface area contributed by atoms with Gasteiger partial charge in [-0.05, 0) is 64.7 Å². The number of piperidine rings is 1. The zero-order valence-electron chi connectivity index (χ0n) is 11.6. The van der Waals surface area contributed by atoms with Crippen LogP contribution in [0.15, 0.2) is 0 Å². The Kier molecular flexibility index (Phi) is 5.31. The van der Waals surface area contributed by atoms with Gasteiger partial charge in [-0.3, -0.25) is 4.90 Å². The van der Waals surface area contributed by atoms with Crippen LogP contribution in [0.3, 0.4) is 0 Å². The van der Waals surface area contributed by atoms with E-state index in [0.717, 1.165) is 18.0 Å². The van der Waals surface area contributed by atoms with Crippen LogP contribution in [-0.2, 0) is 0 Å². The Bertz CT molecular complexity index is 255. The molecule has 3 aliphatic rings. The number of likely N-dealkylation sites (tertiary alicyclic amines) is 1. The van der Waals surface area contributed by atoms with Gasteiger partial charge in [0.15, 0.2) is 0 Å². The lowest BCUT2D eigenvalue weighted by Crippen LogP contribution is -2.42. The summed E-state index contributed by atoms with van der Waals surface area (Å²) in [6, 6.07) is 1.73. The van der Waals surface area contributed by atoms with Crippen LogP contribution in [0.1, 0.15) is 32.1 Å². The summed E-state index contributed by atoms with van der Waals surface area (Å²) in [5, 5.41) is 3.55. The fourth-order valence-electron chi connectivity index (χ4n) is 3.99. The van der Waals surface area contributed by atoms with Gasteiger partial charge in [0, 0.05) is 25.2 Å².